The average molecular weight is 354 g/mol. The molecule has 6 nitrogen and oxygen atoms in total. The molecule has 2 aromatic rings. The molecule has 1 saturated heterocycles. The molecule has 1 amide bonds. The van der Waals surface area contributed by atoms with Gasteiger partial charge in [-0.2, -0.15) is 0 Å². The van der Waals surface area contributed by atoms with Crippen molar-refractivity contribution in [3.63, 3.8) is 0 Å². The van der Waals surface area contributed by atoms with Gasteiger partial charge >= 0.3 is 0 Å². The molecule has 136 valence electrons. The van der Waals surface area contributed by atoms with Gasteiger partial charge in [0.1, 0.15) is 0 Å². The lowest BCUT2D eigenvalue weighted by Crippen LogP contribution is -2.36. The average Bonchev–Trinajstić information content (AvgIpc) is 2.68. The van der Waals surface area contributed by atoms with Gasteiger partial charge in [0.2, 0.25) is 0 Å². The molecule has 0 bridgehead atoms. The van der Waals surface area contributed by atoms with E-state index in [1.165, 1.54) is 18.7 Å². The van der Waals surface area contributed by atoms with E-state index in [2.05, 4.69) is 29.2 Å². The third-order valence-electron chi connectivity index (χ3n) is 5.01. The number of carbonyl (C=O) groups is 1. The van der Waals surface area contributed by atoms with Crippen molar-refractivity contribution in [1.29, 1.82) is 0 Å². The molecule has 0 atom stereocenters. The lowest BCUT2D eigenvalue weighted by Gasteiger charge is -2.34. The number of anilines is 1. The van der Waals surface area contributed by atoms with Crippen molar-refractivity contribution in [3.05, 3.63) is 64.6 Å². The number of amides is 1. The van der Waals surface area contributed by atoms with Crippen LogP contribution in [0.3, 0.4) is 0 Å². The first-order valence-electron chi connectivity index (χ1n) is 8.86. The minimum Gasteiger partial charge on any atom is -0.371 e. The quantitative estimate of drug-likeness (QED) is 0.491. The van der Waals surface area contributed by atoms with Gasteiger partial charge in [-0.1, -0.05) is 30.3 Å². The summed E-state index contributed by atoms with van der Waals surface area (Å²) in [6, 6.07) is 15.5. The van der Waals surface area contributed by atoms with Crippen molar-refractivity contribution in [2.24, 2.45) is 5.92 Å². The van der Waals surface area contributed by atoms with E-state index in [0.29, 0.717) is 21.9 Å². The van der Waals surface area contributed by atoms with Crippen molar-refractivity contribution < 1.29 is 14.8 Å². The fourth-order valence-corrected chi connectivity index (χ4v) is 3.56. The van der Waals surface area contributed by atoms with Crippen LogP contribution in [0.1, 0.15) is 28.8 Å². The topological polar surface area (TPSA) is 72.7 Å². The highest BCUT2D eigenvalue weighted by Gasteiger charge is 2.25. The van der Waals surface area contributed by atoms with Crippen LogP contribution in [0.4, 0.5) is 11.4 Å². The van der Waals surface area contributed by atoms with E-state index in [4.69, 9.17) is 5.21 Å². The van der Waals surface area contributed by atoms with Gasteiger partial charge in [-0.3, -0.25) is 10.0 Å². The van der Waals surface area contributed by atoms with E-state index in [9.17, 15) is 9.70 Å². The molecule has 2 aromatic carbocycles. The molecule has 0 spiro atoms. The van der Waals surface area contributed by atoms with Crippen molar-refractivity contribution in [3.8, 4) is 0 Å². The molecule has 0 aliphatic carbocycles. The highest BCUT2D eigenvalue weighted by atomic mass is 16.5. The molecule has 0 unspecified atom stereocenters. The summed E-state index contributed by atoms with van der Waals surface area (Å²) in [6.45, 7) is 1.69. The zero-order valence-electron chi connectivity index (χ0n) is 14.9. The first-order chi connectivity index (χ1) is 12.6. The summed E-state index contributed by atoms with van der Waals surface area (Å²) in [5, 5.41) is 9.04. The number of benzene rings is 2. The van der Waals surface area contributed by atoms with Crippen LogP contribution in [0.5, 0.6) is 0 Å². The van der Waals surface area contributed by atoms with Crippen molar-refractivity contribution in [1.82, 2.24) is 5.48 Å². The van der Waals surface area contributed by atoms with E-state index in [1.54, 1.807) is 17.6 Å². The molecular formula is C20H24N3O3+. The van der Waals surface area contributed by atoms with Crippen LogP contribution >= 0.6 is 0 Å². The zero-order valence-corrected chi connectivity index (χ0v) is 14.9. The number of piperidine rings is 1. The summed E-state index contributed by atoms with van der Waals surface area (Å²) >= 11 is 0. The Labute approximate surface area is 153 Å². The number of nitrogens with zero attached hydrogens (tertiary/aromatic N) is 2. The maximum atomic E-state index is 12.0. The Balaban J connectivity index is 1.72. The lowest BCUT2D eigenvalue weighted by atomic mass is 9.89. The molecule has 3 rings (SSSR count). The van der Waals surface area contributed by atoms with Crippen LogP contribution in [0.2, 0.25) is 0 Å². The minimum atomic E-state index is -0.602. The van der Waals surface area contributed by atoms with E-state index < -0.39 is 5.91 Å². The summed E-state index contributed by atoms with van der Waals surface area (Å²) in [6.07, 6.45) is 3.15. The largest absolute Gasteiger partial charge is 0.371 e. The minimum absolute atomic E-state index is 0.314. The Morgan fingerprint density at radius 1 is 1.19 bits per heavy atom. The predicted octanol–water partition coefficient (Wildman–Crippen LogP) is 3.30. The number of rotatable bonds is 5. The summed E-state index contributed by atoms with van der Waals surface area (Å²) in [5.74, 6) is 0.0194. The summed E-state index contributed by atoms with van der Waals surface area (Å²) in [5.41, 5.74) is 4.48. The third kappa shape index (κ3) is 4.08. The van der Waals surface area contributed by atoms with Crippen molar-refractivity contribution in [2.75, 3.05) is 25.0 Å². The van der Waals surface area contributed by atoms with Gasteiger partial charge in [-0.05, 0) is 36.8 Å². The van der Waals surface area contributed by atoms with E-state index in [-0.39, 0.29) is 0 Å². The first kappa shape index (κ1) is 18.1. The van der Waals surface area contributed by atoms with Crippen LogP contribution in [0, 0.1) is 10.8 Å². The van der Waals surface area contributed by atoms with Gasteiger partial charge in [0, 0.05) is 34.9 Å². The van der Waals surface area contributed by atoms with Gasteiger partial charge in [0.15, 0.2) is 7.05 Å². The van der Waals surface area contributed by atoms with Gasteiger partial charge in [0.25, 0.3) is 11.6 Å². The third-order valence-corrected chi connectivity index (χ3v) is 5.01. The van der Waals surface area contributed by atoms with E-state index in [1.807, 2.05) is 6.07 Å². The highest BCUT2D eigenvalue weighted by Crippen LogP contribution is 2.30. The van der Waals surface area contributed by atoms with E-state index in [0.717, 1.165) is 38.0 Å². The molecule has 1 fully saturated rings. The summed E-state index contributed by atoms with van der Waals surface area (Å²) in [4.78, 5) is 25.7. The molecule has 1 aliphatic heterocycles. The number of hydrogen-bond donors (Lipinski definition) is 2. The molecule has 1 heterocycles. The second-order valence-electron chi connectivity index (χ2n) is 6.76. The molecule has 0 radical (unpaired) electrons. The molecule has 0 aromatic heterocycles. The fourth-order valence-electron chi connectivity index (χ4n) is 3.56. The van der Waals surface area contributed by atoms with Crippen LogP contribution in [0.25, 0.3) is 0 Å². The Kier molecular flexibility index (Phi) is 5.63. The number of nitroso groups, excluding NO2 is 1. The van der Waals surface area contributed by atoms with Crippen LogP contribution in [0.15, 0.2) is 48.5 Å². The van der Waals surface area contributed by atoms with Crippen LogP contribution < -0.4 is 10.4 Å². The lowest BCUT2D eigenvalue weighted by molar-refractivity contribution is -0.428. The summed E-state index contributed by atoms with van der Waals surface area (Å²) < 4.78 is 0.698. The molecular weight excluding hydrogens is 330 g/mol. The molecule has 1 aliphatic rings. The van der Waals surface area contributed by atoms with Gasteiger partial charge in [-0.15, -0.1) is 0 Å². The molecule has 0 saturated carbocycles. The smallest absolute Gasteiger partial charge is 0.276 e. The fraction of sp³-hybridized carbons (Fsp3) is 0.350. The Bertz CT molecular complexity index is 784. The zero-order chi connectivity index (χ0) is 18.5. The number of hydroxylamine groups is 1. The van der Waals surface area contributed by atoms with Gasteiger partial charge in [0.05, 0.1) is 11.3 Å². The molecule has 26 heavy (non-hydrogen) atoms. The monoisotopic (exact) mass is 354 g/mol. The van der Waals surface area contributed by atoms with E-state index >= 15 is 0 Å². The highest BCUT2D eigenvalue weighted by molar-refractivity contribution is 5.99. The van der Waals surface area contributed by atoms with Crippen molar-refractivity contribution >= 4 is 17.3 Å². The number of carbonyl (C=O) groups excluding carboxylic acids is 1. The number of hydrogen-bond acceptors (Lipinski definition) is 4. The Hall–Kier alpha value is -2.73. The normalized spacial score (nSPS) is 14.9. The Morgan fingerprint density at radius 3 is 2.50 bits per heavy atom. The van der Waals surface area contributed by atoms with Crippen molar-refractivity contribution in [2.45, 2.75) is 19.3 Å². The van der Waals surface area contributed by atoms with Crippen LogP contribution in [-0.2, 0) is 6.42 Å². The number of nitrogens with one attached hydrogen (secondary N) is 1. The maximum Gasteiger partial charge on any atom is 0.276 e. The predicted molar refractivity (Wildman–Crippen MR) is 100.0 cm³/mol. The van der Waals surface area contributed by atoms with Gasteiger partial charge < -0.3 is 4.90 Å². The molecule has 6 heteroatoms. The first-order valence-corrected chi connectivity index (χ1v) is 8.86. The van der Waals surface area contributed by atoms with Gasteiger partial charge in [-0.25, -0.2) is 5.48 Å². The molecule has 2 N–H and O–H groups in total. The summed E-state index contributed by atoms with van der Waals surface area (Å²) in [7, 11) is 1.38. The second-order valence-corrected chi connectivity index (χ2v) is 6.76. The SMILES string of the molecule is C[N+](=O)c1ccc(N2CCC(Cc3ccccc3)CC2)c(C(=O)NO)c1. The standard InChI is InChI=1S/C20H23N3O3/c1-22(26)17-7-8-19(18(14-17)20(24)21-25)23-11-9-16(10-12-23)13-15-5-3-2-4-6-15/h2-8,14,16H,9-13H2,1H3,(H-,21,24,25)/p+1. The van der Waals surface area contributed by atoms with Crippen LogP contribution in [-0.4, -0.2) is 36.0 Å². The Morgan fingerprint density at radius 2 is 1.88 bits per heavy atom. The maximum absolute atomic E-state index is 12.0. The second kappa shape index (κ2) is 8.10.